The predicted octanol–water partition coefficient (Wildman–Crippen LogP) is 4.30. The van der Waals surface area contributed by atoms with E-state index in [1.807, 2.05) is 11.3 Å². The maximum Gasteiger partial charge on any atom is 0.0886 e. The van der Waals surface area contributed by atoms with Crippen molar-refractivity contribution in [2.24, 2.45) is 5.92 Å². The highest BCUT2D eigenvalue weighted by Gasteiger charge is 2.43. The molecule has 1 aliphatic carbocycles. The fourth-order valence-electron chi connectivity index (χ4n) is 3.58. The zero-order valence-corrected chi connectivity index (χ0v) is 13.5. The summed E-state index contributed by atoms with van der Waals surface area (Å²) in [7, 11) is 2.07. The first-order chi connectivity index (χ1) is 9.11. The number of aryl methyl sites for hydroxylation is 1. The largest absolute Gasteiger partial charge is 0.373 e. The second-order valence-corrected chi connectivity index (χ2v) is 7.19. The van der Waals surface area contributed by atoms with Crippen LogP contribution in [0.3, 0.4) is 0 Å². The molecule has 0 bridgehead atoms. The fourth-order valence-corrected chi connectivity index (χ4v) is 4.68. The number of thiophene rings is 1. The summed E-state index contributed by atoms with van der Waals surface area (Å²) in [6, 6.07) is 4.81. The summed E-state index contributed by atoms with van der Waals surface area (Å²) in [4.78, 5) is 2.80. The minimum absolute atomic E-state index is 0.0154. The van der Waals surface area contributed by atoms with Crippen LogP contribution in [0, 0.1) is 12.8 Å². The van der Waals surface area contributed by atoms with Crippen molar-refractivity contribution in [1.82, 2.24) is 5.32 Å². The molecule has 3 unspecified atom stereocenters. The third kappa shape index (κ3) is 3.21. The Balaban J connectivity index is 2.29. The molecule has 3 atom stereocenters. The van der Waals surface area contributed by atoms with Gasteiger partial charge in [-0.15, -0.1) is 11.3 Å². The lowest BCUT2D eigenvalue weighted by atomic mass is 9.74. The Morgan fingerprint density at radius 1 is 1.53 bits per heavy atom. The van der Waals surface area contributed by atoms with Crippen LogP contribution in [0.1, 0.15) is 55.3 Å². The van der Waals surface area contributed by atoms with Crippen molar-refractivity contribution in [3.8, 4) is 0 Å². The highest BCUT2D eigenvalue weighted by molar-refractivity contribution is 7.12. The number of hydrogen-bond acceptors (Lipinski definition) is 3. The van der Waals surface area contributed by atoms with Crippen molar-refractivity contribution in [1.29, 1.82) is 0 Å². The molecule has 0 aliphatic heterocycles. The van der Waals surface area contributed by atoms with Gasteiger partial charge in [0.2, 0.25) is 0 Å². The van der Waals surface area contributed by atoms with Crippen molar-refractivity contribution >= 4 is 11.3 Å². The molecule has 1 aromatic heterocycles. The number of nitrogens with one attached hydrogen (secondary N) is 1. The van der Waals surface area contributed by atoms with Crippen LogP contribution in [0.5, 0.6) is 0 Å². The monoisotopic (exact) mass is 281 g/mol. The first-order valence-electron chi connectivity index (χ1n) is 7.49. The van der Waals surface area contributed by atoms with Crippen LogP contribution in [0.15, 0.2) is 12.1 Å². The molecule has 1 heterocycles. The predicted molar refractivity (Wildman–Crippen MR) is 82.8 cm³/mol. The van der Waals surface area contributed by atoms with Gasteiger partial charge in [0.15, 0.2) is 0 Å². The Morgan fingerprint density at radius 2 is 2.32 bits per heavy atom. The van der Waals surface area contributed by atoms with E-state index in [4.69, 9.17) is 4.74 Å². The van der Waals surface area contributed by atoms with Gasteiger partial charge in [-0.05, 0) is 51.8 Å². The van der Waals surface area contributed by atoms with Crippen LogP contribution in [-0.2, 0) is 4.74 Å². The molecule has 1 N–H and O–H groups in total. The van der Waals surface area contributed by atoms with Crippen LogP contribution in [-0.4, -0.2) is 19.3 Å². The average Bonchev–Trinajstić information content (AvgIpc) is 2.77. The standard InChI is InChI=1S/C16H27NOS/c1-5-18-16(10-6-7-12(2)11-16)15(17-4)14-9-8-13(3)19-14/h8-9,12,15,17H,5-7,10-11H2,1-4H3. The van der Waals surface area contributed by atoms with E-state index in [2.05, 4.69) is 45.3 Å². The zero-order chi connectivity index (χ0) is 13.9. The summed E-state index contributed by atoms with van der Waals surface area (Å²) in [5.74, 6) is 0.761. The molecular weight excluding hydrogens is 254 g/mol. The Morgan fingerprint density at radius 3 is 2.84 bits per heavy atom. The minimum Gasteiger partial charge on any atom is -0.373 e. The summed E-state index contributed by atoms with van der Waals surface area (Å²) in [5, 5.41) is 3.53. The molecule has 0 radical (unpaired) electrons. The molecular formula is C16H27NOS. The molecule has 0 saturated heterocycles. The molecule has 2 nitrogen and oxygen atoms in total. The Hall–Kier alpha value is -0.380. The van der Waals surface area contributed by atoms with E-state index < -0.39 is 0 Å². The lowest BCUT2D eigenvalue weighted by Gasteiger charge is -2.45. The van der Waals surface area contributed by atoms with Crippen LogP contribution in [0.4, 0.5) is 0 Å². The van der Waals surface area contributed by atoms with Crippen LogP contribution >= 0.6 is 11.3 Å². The van der Waals surface area contributed by atoms with Crippen molar-refractivity contribution in [3.63, 3.8) is 0 Å². The van der Waals surface area contributed by atoms with Gasteiger partial charge < -0.3 is 10.1 Å². The van der Waals surface area contributed by atoms with Gasteiger partial charge in [0.1, 0.15) is 0 Å². The molecule has 2 rings (SSSR count). The third-order valence-corrected chi connectivity index (χ3v) is 5.35. The first kappa shape index (κ1) is 15.0. The van der Waals surface area contributed by atoms with Crippen molar-refractivity contribution in [2.45, 2.75) is 58.1 Å². The molecule has 19 heavy (non-hydrogen) atoms. The quantitative estimate of drug-likeness (QED) is 0.868. The van der Waals surface area contributed by atoms with Crippen LogP contribution in [0.25, 0.3) is 0 Å². The summed E-state index contributed by atoms with van der Waals surface area (Å²) < 4.78 is 6.30. The lowest BCUT2D eigenvalue weighted by molar-refractivity contribution is -0.0996. The Labute approximate surface area is 121 Å². The van der Waals surface area contributed by atoms with E-state index in [9.17, 15) is 0 Å². The van der Waals surface area contributed by atoms with Crippen molar-refractivity contribution < 1.29 is 4.74 Å². The van der Waals surface area contributed by atoms with E-state index in [0.29, 0.717) is 6.04 Å². The van der Waals surface area contributed by atoms with Gasteiger partial charge in [0, 0.05) is 16.4 Å². The van der Waals surface area contributed by atoms with E-state index >= 15 is 0 Å². The first-order valence-corrected chi connectivity index (χ1v) is 8.30. The molecule has 1 saturated carbocycles. The molecule has 1 aromatic rings. The normalized spacial score (nSPS) is 29.4. The van der Waals surface area contributed by atoms with Gasteiger partial charge >= 0.3 is 0 Å². The number of hydrogen-bond donors (Lipinski definition) is 1. The van der Waals surface area contributed by atoms with E-state index in [1.54, 1.807) is 0 Å². The van der Waals surface area contributed by atoms with Crippen LogP contribution in [0.2, 0.25) is 0 Å². The molecule has 1 fully saturated rings. The molecule has 1 aliphatic rings. The van der Waals surface area contributed by atoms with Gasteiger partial charge in [-0.1, -0.05) is 19.8 Å². The van der Waals surface area contributed by atoms with Crippen LogP contribution < -0.4 is 5.32 Å². The SMILES string of the molecule is CCOC1(C(NC)c2ccc(C)s2)CCCC(C)C1. The maximum atomic E-state index is 6.30. The highest BCUT2D eigenvalue weighted by atomic mass is 32.1. The minimum atomic E-state index is -0.0154. The van der Waals surface area contributed by atoms with Crippen molar-refractivity contribution in [2.75, 3.05) is 13.7 Å². The molecule has 108 valence electrons. The zero-order valence-electron chi connectivity index (χ0n) is 12.7. The average molecular weight is 281 g/mol. The maximum absolute atomic E-state index is 6.30. The van der Waals surface area contributed by atoms with E-state index in [0.717, 1.165) is 12.5 Å². The molecule has 3 heteroatoms. The van der Waals surface area contributed by atoms with Gasteiger partial charge in [-0.3, -0.25) is 0 Å². The topological polar surface area (TPSA) is 21.3 Å². The Kier molecular flexibility index (Phi) is 5.04. The summed E-state index contributed by atoms with van der Waals surface area (Å²) in [5.41, 5.74) is -0.0154. The van der Waals surface area contributed by atoms with Gasteiger partial charge in [0.25, 0.3) is 0 Å². The van der Waals surface area contributed by atoms with E-state index in [-0.39, 0.29) is 5.60 Å². The lowest BCUT2D eigenvalue weighted by Crippen LogP contribution is -2.48. The Bertz CT molecular complexity index is 399. The summed E-state index contributed by atoms with van der Waals surface area (Å²) >= 11 is 1.90. The van der Waals surface area contributed by atoms with Crippen molar-refractivity contribution in [3.05, 3.63) is 21.9 Å². The summed E-state index contributed by atoms with van der Waals surface area (Å²) in [6.07, 6.45) is 4.97. The van der Waals surface area contributed by atoms with Gasteiger partial charge in [0.05, 0.1) is 11.6 Å². The number of ether oxygens (including phenoxy) is 1. The van der Waals surface area contributed by atoms with E-state index in [1.165, 1.54) is 35.4 Å². The summed E-state index contributed by atoms with van der Waals surface area (Å²) in [6.45, 7) is 7.46. The number of rotatable bonds is 5. The second kappa shape index (κ2) is 6.38. The number of likely N-dealkylation sites (N-methyl/N-ethyl adjacent to an activating group) is 1. The van der Waals surface area contributed by atoms with Gasteiger partial charge in [-0.25, -0.2) is 0 Å². The highest BCUT2D eigenvalue weighted by Crippen LogP contribution is 2.44. The molecule has 0 amide bonds. The van der Waals surface area contributed by atoms with Gasteiger partial charge in [-0.2, -0.15) is 0 Å². The third-order valence-electron chi connectivity index (χ3n) is 4.28. The second-order valence-electron chi connectivity index (χ2n) is 5.87. The smallest absolute Gasteiger partial charge is 0.0886 e. The fraction of sp³-hybridized carbons (Fsp3) is 0.750. The molecule has 0 aromatic carbocycles. The molecule has 0 spiro atoms.